The van der Waals surface area contributed by atoms with Crippen molar-refractivity contribution in [3.8, 4) is 5.75 Å². The highest BCUT2D eigenvalue weighted by molar-refractivity contribution is 5.33. The first-order chi connectivity index (χ1) is 10.8. The molecule has 0 N–H and O–H groups in total. The van der Waals surface area contributed by atoms with Crippen LogP contribution in [0.1, 0.15) is 50.0 Å². The number of hydrogen-bond donors (Lipinski definition) is 0. The number of halogens is 5. The first-order valence-electron chi connectivity index (χ1n) is 7.65. The monoisotopic (exact) mass is 334 g/mol. The van der Waals surface area contributed by atoms with E-state index in [1.165, 1.54) is 0 Å². The Morgan fingerprint density at radius 3 is 2.13 bits per heavy atom. The molecule has 0 spiro atoms. The van der Waals surface area contributed by atoms with Crippen molar-refractivity contribution in [2.45, 2.75) is 50.8 Å². The fourth-order valence-electron chi connectivity index (χ4n) is 3.17. The molecule has 1 aromatic rings. The van der Waals surface area contributed by atoms with Gasteiger partial charge in [-0.25, -0.2) is 8.78 Å². The van der Waals surface area contributed by atoms with Crippen LogP contribution in [0, 0.1) is 17.6 Å². The number of hydrogen-bond acceptors (Lipinski definition) is 1. The average molecular weight is 334 g/mol. The van der Waals surface area contributed by atoms with Gasteiger partial charge in [-0.3, -0.25) is 0 Å². The lowest BCUT2D eigenvalue weighted by atomic mass is 9.77. The Morgan fingerprint density at radius 1 is 1.09 bits per heavy atom. The van der Waals surface area contributed by atoms with Crippen molar-refractivity contribution in [1.82, 2.24) is 0 Å². The molecule has 2 rings (SSSR count). The van der Waals surface area contributed by atoms with Gasteiger partial charge in [0.2, 0.25) is 5.75 Å². The first kappa shape index (κ1) is 17.8. The van der Waals surface area contributed by atoms with Crippen molar-refractivity contribution in [2.75, 3.05) is 0 Å². The Kier molecular flexibility index (Phi) is 5.65. The van der Waals surface area contributed by atoms with Crippen molar-refractivity contribution in [3.63, 3.8) is 0 Å². The maximum absolute atomic E-state index is 13.8. The second kappa shape index (κ2) is 7.32. The molecule has 0 heterocycles. The van der Waals surface area contributed by atoms with Gasteiger partial charge in [0, 0.05) is 0 Å². The van der Waals surface area contributed by atoms with Crippen LogP contribution in [-0.2, 0) is 0 Å². The zero-order valence-corrected chi connectivity index (χ0v) is 12.6. The molecule has 23 heavy (non-hydrogen) atoms. The van der Waals surface area contributed by atoms with E-state index in [1.54, 1.807) is 0 Å². The van der Waals surface area contributed by atoms with Crippen molar-refractivity contribution in [2.24, 2.45) is 5.92 Å². The summed E-state index contributed by atoms with van der Waals surface area (Å²) in [5.41, 5.74) is 0.400. The normalized spacial score (nSPS) is 22.0. The SMILES string of the molecule is C=CCC[C@H]1CC[C@H](c2cc(F)c(OC(F)(F)F)c(F)c2)CC1. The van der Waals surface area contributed by atoms with Crippen molar-refractivity contribution in [1.29, 1.82) is 0 Å². The van der Waals surface area contributed by atoms with Crippen LogP contribution in [0.25, 0.3) is 0 Å². The second-order valence-electron chi connectivity index (χ2n) is 5.95. The van der Waals surface area contributed by atoms with Gasteiger partial charge in [0.25, 0.3) is 0 Å². The molecule has 128 valence electrons. The Morgan fingerprint density at radius 2 is 1.65 bits per heavy atom. The molecule has 6 heteroatoms. The van der Waals surface area contributed by atoms with Gasteiger partial charge >= 0.3 is 6.36 Å². The summed E-state index contributed by atoms with van der Waals surface area (Å²) >= 11 is 0. The van der Waals surface area contributed by atoms with E-state index in [0.717, 1.165) is 50.7 Å². The molecule has 0 amide bonds. The lowest BCUT2D eigenvalue weighted by Gasteiger charge is -2.29. The third kappa shape index (κ3) is 4.94. The molecule has 0 saturated heterocycles. The van der Waals surface area contributed by atoms with E-state index in [1.807, 2.05) is 6.08 Å². The van der Waals surface area contributed by atoms with Gasteiger partial charge in [0.05, 0.1) is 0 Å². The highest BCUT2D eigenvalue weighted by Gasteiger charge is 2.34. The summed E-state index contributed by atoms with van der Waals surface area (Å²) in [5, 5.41) is 0. The molecule has 1 aromatic carbocycles. The van der Waals surface area contributed by atoms with E-state index in [4.69, 9.17) is 0 Å². The molecular formula is C17H19F5O. The molecule has 1 aliphatic rings. The number of rotatable bonds is 5. The summed E-state index contributed by atoms with van der Waals surface area (Å²) in [6, 6.07) is 1.91. The van der Waals surface area contributed by atoms with E-state index < -0.39 is 23.7 Å². The van der Waals surface area contributed by atoms with Crippen molar-refractivity contribution < 1.29 is 26.7 Å². The van der Waals surface area contributed by atoms with E-state index >= 15 is 0 Å². The summed E-state index contributed by atoms with van der Waals surface area (Å²) in [7, 11) is 0. The summed E-state index contributed by atoms with van der Waals surface area (Å²) in [6.45, 7) is 3.69. The number of alkyl halides is 3. The van der Waals surface area contributed by atoms with Gasteiger partial charge in [-0.1, -0.05) is 6.08 Å². The summed E-state index contributed by atoms with van der Waals surface area (Å²) < 4.78 is 67.4. The molecule has 1 aliphatic carbocycles. The standard InChI is InChI=1S/C17H19F5O/c1-2-3-4-11-5-7-12(8-6-11)13-9-14(18)16(15(19)10-13)23-17(20,21)22/h2,9-12H,1,3-8H2/t11-,12-. The van der Waals surface area contributed by atoms with E-state index in [2.05, 4.69) is 11.3 Å². The van der Waals surface area contributed by atoms with E-state index in [0.29, 0.717) is 11.5 Å². The molecule has 0 aromatic heterocycles. The molecule has 0 unspecified atom stereocenters. The van der Waals surface area contributed by atoms with Crippen LogP contribution in [0.15, 0.2) is 24.8 Å². The largest absolute Gasteiger partial charge is 0.573 e. The number of ether oxygens (including phenoxy) is 1. The van der Waals surface area contributed by atoms with E-state index in [-0.39, 0.29) is 5.92 Å². The molecule has 1 fully saturated rings. The number of allylic oxidation sites excluding steroid dienone is 1. The Bertz CT molecular complexity index is 521. The zero-order valence-electron chi connectivity index (χ0n) is 12.6. The molecule has 1 nitrogen and oxygen atoms in total. The fourth-order valence-corrected chi connectivity index (χ4v) is 3.17. The highest BCUT2D eigenvalue weighted by Crippen LogP contribution is 2.39. The summed E-state index contributed by atoms with van der Waals surface area (Å²) in [6.07, 6.45) is 2.20. The van der Waals surface area contributed by atoms with Crippen LogP contribution in [0.4, 0.5) is 22.0 Å². The van der Waals surface area contributed by atoms with Gasteiger partial charge in [0.1, 0.15) is 0 Å². The van der Waals surface area contributed by atoms with Crippen molar-refractivity contribution >= 4 is 0 Å². The molecule has 0 aliphatic heterocycles. The van der Waals surface area contributed by atoms with E-state index in [9.17, 15) is 22.0 Å². The average Bonchev–Trinajstić information content (AvgIpc) is 2.48. The maximum atomic E-state index is 13.8. The Labute approximate surface area is 132 Å². The summed E-state index contributed by atoms with van der Waals surface area (Å²) in [4.78, 5) is 0. The van der Waals surface area contributed by atoms with Gasteiger partial charge < -0.3 is 4.74 Å². The molecule has 0 bridgehead atoms. The molecule has 0 atom stereocenters. The van der Waals surface area contributed by atoms with Crippen molar-refractivity contribution in [3.05, 3.63) is 42.0 Å². The molecule has 0 radical (unpaired) electrons. The molecular weight excluding hydrogens is 315 g/mol. The lowest BCUT2D eigenvalue weighted by Crippen LogP contribution is -2.19. The summed E-state index contributed by atoms with van der Waals surface area (Å²) in [5.74, 6) is -3.47. The molecule has 1 saturated carbocycles. The minimum Gasteiger partial charge on any atom is -0.399 e. The number of benzene rings is 1. The van der Waals surface area contributed by atoms with Crippen LogP contribution < -0.4 is 4.74 Å². The van der Waals surface area contributed by atoms with Gasteiger partial charge in [0.15, 0.2) is 11.6 Å². The highest BCUT2D eigenvalue weighted by atomic mass is 19.4. The van der Waals surface area contributed by atoms with Crippen LogP contribution in [0.2, 0.25) is 0 Å². The third-order valence-electron chi connectivity index (χ3n) is 4.34. The minimum atomic E-state index is -5.12. The predicted octanol–water partition coefficient (Wildman–Crippen LogP) is 6.10. The van der Waals surface area contributed by atoms with Gasteiger partial charge in [-0.15, -0.1) is 19.8 Å². The smallest absolute Gasteiger partial charge is 0.399 e. The quantitative estimate of drug-likeness (QED) is 0.467. The minimum absolute atomic E-state index is 0.0288. The first-order valence-corrected chi connectivity index (χ1v) is 7.65. The third-order valence-corrected chi connectivity index (χ3v) is 4.34. The van der Waals surface area contributed by atoms with Gasteiger partial charge in [-0.05, 0) is 68.1 Å². The second-order valence-corrected chi connectivity index (χ2v) is 5.95. The van der Waals surface area contributed by atoms with Crippen LogP contribution in [0.5, 0.6) is 5.75 Å². The van der Waals surface area contributed by atoms with Gasteiger partial charge in [-0.2, -0.15) is 0 Å². The topological polar surface area (TPSA) is 9.23 Å². The lowest BCUT2D eigenvalue weighted by molar-refractivity contribution is -0.276. The Balaban J connectivity index is 2.06. The predicted molar refractivity (Wildman–Crippen MR) is 77.2 cm³/mol. The fraction of sp³-hybridized carbons (Fsp3) is 0.529. The maximum Gasteiger partial charge on any atom is 0.573 e. The van der Waals surface area contributed by atoms with Crippen LogP contribution in [-0.4, -0.2) is 6.36 Å². The van der Waals surface area contributed by atoms with Crippen LogP contribution in [0.3, 0.4) is 0 Å². The zero-order chi connectivity index (χ0) is 17.0. The van der Waals surface area contributed by atoms with Crippen LogP contribution >= 0.6 is 0 Å². The Hall–Kier alpha value is -1.59.